The van der Waals surface area contributed by atoms with Gasteiger partial charge in [-0.25, -0.2) is 18.7 Å². The number of benzene rings is 2. The number of aromatic nitrogens is 2. The van der Waals surface area contributed by atoms with E-state index in [-0.39, 0.29) is 41.0 Å². The van der Waals surface area contributed by atoms with Gasteiger partial charge in [0.2, 0.25) is 5.88 Å². The molecule has 39 heavy (non-hydrogen) atoms. The van der Waals surface area contributed by atoms with Crippen molar-refractivity contribution in [2.24, 2.45) is 5.92 Å². The molecule has 1 aromatic heterocycles. The molecule has 2 amide bonds. The van der Waals surface area contributed by atoms with Crippen molar-refractivity contribution in [1.82, 2.24) is 15.3 Å². The van der Waals surface area contributed by atoms with Gasteiger partial charge in [-0.15, -0.1) is 0 Å². The predicted octanol–water partition coefficient (Wildman–Crippen LogP) is 3.76. The smallest absolute Gasteiger partial charge is 0.251 e. The number of hydrogen-bond acceptors (Lipinski definition) is 7. The van der Waals surface area contributed by atoms with Crippen LogP contribution >= 0.6 is 11.6 Å². The standard InChI is InChI=1S/C27H25ClF2N4O5/c1-37-18-8-20(29)24(21(30)9-18)19-11-34(22-10-23(32-14-31-22)39-13-15-6-7-38-12-15)27(36)25(19)33-26(35)16-2-4-17(28)5-3-16/h2-5,8-10,14-15,19,25H,6-7,11-13H2,1H3,(H,33,35)/t15?,19-,25?/m0/s1. The molecule has 3 heterocycles. The van der Waals surface area contributed by atoms with Gasteiger partial charge in [-0.1, -0.05) is 11.6 Å². The van der Waals surface area contributed by atoms with Crippen molar-refractivity contribution >= 4 is 29.2 Å². The Balaban J connectivity index is 1.45. The molecule has 2 aliphatic heterocycles. The quantitative estimate of drug-likeness (QED) is 0.449. The molecule has 12 heteroatoms. The van der Waals surface area contributed by atoms with E-state index in [1.807, 2.05) is 0 Å². The van der Waals surface area contributed by atoms with Crippen molar-refractivity contribution < 1.29 is 32.6 Å². The predicted molar refractivity (Wildman–Crippen MR) is 137 cm³/mol. The number of nitrogens with zero attached hydrogens (tertiary/aromatic N) is 3. The van der Waals surface area contributed by atoms with Crippen molar-refractivity contribution in [3.05, 3.63) is 76.6 Å². The van der Waals surface area contributed by atoms with Crippen LogP contribution in [-0.2, 0) is 9.53 Å². The molecular weight excluding hydrogens is 534 g/mol. The molecule has 2 fully saturated rings. The fraction of sp³-hybridized carbons (Fsp3) is 0.333. The van der Waals surface area contributed by atoms with Crippen LogP contribution in [0.15, 0.2) is 48.8 Å². The number of rotatable bonds is 8. The van der Waals surface area contributed by atoms with Crippen LogP contribution in [0.2, 0.25) is 5.02 Å². The van der Waals surface area contributed by atoms with E-state index in [0.717, 1.165) is 18.6 Å². The zero-order valence-corrected chi connectivity index (χ0v) is 21.7. The Kier molecular flexibility index (Phi) is 7.89. The third kappa shape index (κ3) is 5.79. The van der Waals surface area contributed by atoms with Gasteiger partial charge < -0.3 is 19.5 Å². The highest BCUT2D eigenvalue weighted by Crippen LogP contribution is 2.36. The number of anilines is 1. The monoisotopic (exact) mass is 558 g/mol. The molecule has 3 aromatic rings. The lowest BCUT2D eigenvalue weighted by Gasteiger charge is -2.20. The van der Waals surface area contributed by atoms with Gasteiger partial charge in [0.25, 0.3) is 11.8 Å². The zero-order valence-electron chi connectivity index (χ0n) is 20.9. The third-order valence-corrected chi connectivity index (χ3v) is 7.01. The van der Waals surface area contributed by atoms with Crippen molar-refractivity contribution in [1.29, 1.82) is 0 Å². The van der Waals surface area contributed by atoms with E-state index in [9.17, 15) is 9.59 Å². The minimum atomic E-state index is -1.29. The maximum Gasteiger partial charge on any atom is 0.251 e. The minimum Gasteiger partial charge on any atom is -0.497 e. The molecule has 9 nitrogen and oxygen atoms in total. The molecule has 204 valence electrons. The van der Waals surface area contributed by atoms with Crippen LogP contribution in [0.1, 0.15) is 28.3 Å². The fourth-order valence-electron chi connectivity index (χ4n) is 4.69. The summed E-state index contributed by atoms with van der Waals surface area (Å²) in [5.74, 6) is -3.43. The summed E-state index contributed by atoms with van der Waals surface area (Å²) >= 11 is 5.92. The maximum atomic E-state index is 15.2. The van der Waals surface area contributed by atoms with Crippen LogP contribution < -0.4 is 19.7 Å². The number of carbonyl (C=O) groups excluding carboxylic acids is 2. The number of ether oxygens (including phenoxy) is 3. The minimum absolute atomic E-state index is 0.0121. The molecule has 5 rings (SSSR count). The van der Waals surface area contributed by atoms with Gasteiger partial charge in [0.15, 0.2) is 0 Å². The largest absolute Gasteiger partial charge is 0.497 e. The Labute approximate surface area is 228 Å². The number of amides is 2. The Morgan fingerprint density at radius 2 is 1.92 bits per heavy atom. The summed E-state index contributed by atoms with van der Waals surface area (Å²) in [6.45, 7) is 1.50. The van der Waals surface area contributed by atoms with Crippen LogP contribution in [-0.4, -0.2) is 61.3 Å². The first-order valence-corrected chi connectivity index (χ1v) is 12.6. The summed E-state index contributed by atoms with van der Waals surface area (Å²) in [4.78, 5) is 36.2. The van der Waals surface area contributed by atoms with E-state index >= 15 is 8.78 Å². The van der Waals surface area contributed by atoms with Crippen LogP contribution in [0.4, 0.5) is 14.6 Å². The number of nitrogens with one attached hydrogen (secondary N) is 1. The van der Waals surface area contributed by atoms with Gasteiger partial charge in [0.1, 0.15) is 35.6 Å². The molecule has 1 N–H and O–H groups in total. The number of halogens is 3. The van der Waals surface area contributed by atoms with E-state index in [2.05, 4.69) is 15.3 Å². The maximum absolute atomic E-state index is 15.2. The summed E-state index contributed by atoms with van der Waals surface area (Å²) in [7, 11) is 1.29. The molecule has 0 spiro atoms. The van der Waals surface area contributed by atoms with E-state index < -0.39 is 35.4 Å². The van der Waals surface area contributed by atoms with Crippen LogP contribution in [0.25, 0.3) is 0 Å². The fourth-order valence-corrected chi connectivity index (χ4v) is 4.82. The lowest BCUT2D eigenvalue weighted by Crippen LogP contribution is -2.44. The highest BCUT2D eigenvalue weighted by molar-refractivity contribution is 6.30. The lowest BCUT2D eigenvalue weighted by atomic mass is 9.92. The lowest BCUT2D eigenvalue weighted by molar-refractivity contribution is -0.118. The second kappa shape index (κ2) is 11.5. The van der Waals surface area contributed by atoms with Crippen molar-refractivity contribution in [2.75, 3.05) is 38.4 Å². The summed E-state index contributed by atoms with van der Waals surface area (Å²) in [5.41, 5.74) is -0.117. The second-order valence-electron chi connectivity index (χ2n) is 9.27. The Hall–Kier alpha value is -3.83. The third-order valence-electron chi connectivity index (χ3n) is 6.76. The molecule has 2 saturated heterocycles. The molecular formula is C27H25ClF2N4O5. The first-order chi connectivity index (χ1) is 18.8. The molecule has 0 aliphatic carbocycles. The van der Waals surface area contributed by atoms with E-state index in [0.29, 0.717) is 24.8 Å². The molecule has 0 saturated carbocycles. The number of carbonyl (C=O) groups is 2. The number of methoxy groups -OCH3 is 1. The molecule has 3 atom stereocenters. The normalized spacial score (nSPS) is 20.8. The van der Waals surface area contributed by atoms with Crippen LogP contribution in [0.5, 0.6) is 11.6 Å². The first kappa shape index (κ1) is 26.8. The zero-order chi connectivity index (χ0) is 27.5. The Morgan fingerprint density at radius 3 is 2.59 bits per heavy atom. The molecule has 2 aliphatic rings. The van der Waals surface area contributed by atoms with Crippen LogP contribution in [0.3, 0.4) is 0 Å². The van der Waals surface area contributed by atoms with Gasteiger partial charge in [-0.2, -0.15) is 0 Å². The number of hydrogen-bond donors (Lipinski definition) is 1. The van der Waals surface area contributed by atoms with Gasteiger partial charge in [0, 0.05) is 59.3 Å². The molecule has 0 radical (unpaired) electrons. The van der Waals surface area contributed by atoms with Gasteiger partial charge in [-0.05, 0) is 30.7 Å². The van der Waals surface area contributed by atoms with E-state index in [4.69, 9.17) is 25.8 Å². The SMILES string of the molecule is COc1cc(F)c([C@@H]2CN(c3cc(OCC4CCOC4)ncn3)C(=O)C2NC(=O)c2ccc(Cl)cc2)c(F)c1. The molecule has 2 unspecified atom stereocenters. The summed E-state index contributed by atoms with van der Waals surface area (Å²) < 4.78 is 46.4. The Bertz CT molecular complexity index is 1350. The molecule has 2 aromatic carbocycles. The van der Waals surface area contributed by atoms with Crippen LogP contribution in [0, 0.1) is 17.6 Å². The topological polar surface area (TPSA) is 103 Å². The highest BCUT2D eigenvalue weighted by atomic mass is 35.5. The molecule has 0 bridgehead atoms. The average molecular weight is 559 g/mol. The summed E-state index contributed by atoms with van der Waals surface area (Å²) in [6, 6.07) is 8.29. The first-order valence-electron chi connectivity index (χ1n) is 12.3. The average Bonchev–Trinajstić information content (AvgIpc) is 3.56. The Morgan fingerprint density at radius 1 is 1.18 bits per heavy atom. The van der Waals surface area contributed by atoms with Gasteiger partial charge in [-0.3, -0.25) is 14.5 Å². The van der Waals surface area contributed by atoms with E-state index in [1.54, 1.807) is 0 Å². The van der Waals surface area contributed by atoms with Crippen molar-refractivity contribution in [3.63, 3.8) is 0 Å². The van der Waals surface area contributed by atoms with Crippen molar-refractivity contribution in [3.8, 4) is 11.6 Å². The van der Waals surface area contributed by atoms with Gasteiger partial charge >= 0.3 is 0 Å². The second-order valence-corrected chi connectivity index (χ2v) is 9.71. The van der Waals surface area contributed by atoms with Crippen molar-refractivity contribution in [2.45, 2.75) is 18.4 Å². The van der Waals surface area contributed by atoms with E-state index in [1.165, 1.54) is 48.7 Å². The summed E-state index contributed by atoms with van der Waals surface area (Å²) in [6.07, 6.45) is 2.12. The summed E-state index contributed by atoms with van der Waals surface area (Å²) in [5, 5.41) is 3.07. The van der Waals surface area contributed by atoms with Gasteiger partial charge in [0.05, 0.1) is 20.3 Å². The highest BCUT2D eigenvalue weighted by Gasteiger charge is 2.45.